The molecule has 5 nitrogen and oxygen atoms in total. The Balaban J connectivity index is 1.82. The van der Waals surface area contributed by atoms with Crippen LogP contribution in [-0.2, 0) is 6.18 Å². The Bertz CT molecular complexity index is 497. The van der Waals surface area contributed by atoms with Crippen LogP contribution in [0.4, 0.5) is 23.8 Å². The number of hydrogen-bond acceptors (Lipinski definition) is 3. The Kier molecular flexibility index (Phi) is 5.10. The monoisotopic (exact) mass is 317 g/mol. The number of amides is 1. The van der Waals surface area contributed by atoms with Gasteiger partial charge in [0.1, 0.15) is 5.82 Å². The molecule has 0 aromatic carbocycles. The first kappa shape index (κ1) is 16.4. The molecule has 0 radical (unpaired) electrons. The fraction of sp³-hybridized carbons (Fsp3) is 0.571. The van der Waals surface area contributed by atoms with Crippen LogP contribution in [0.25, 0.3) is 0 Å². The number of aromatic nitrogens is 1. The lowest BCUT2D eigenvalue weighted by molar-refractivity contribution is -0.137. The molecule has 1 aromatic rings. The maximum absolute atomic E-state index is 12.5. The molecule has 2 rings (SSSR count). The third kappa shape index (κ3) is 4.51. The number of piperidine rings is 1. The second-order valence-electron chi connectivity index (χ2n) is 5.35. The molecular formula is C14H18F3N3O2. The molecular weight excluding hydrogens is 299 g/mol. The number of alkyl halides is 3. The molecule has 1 fully saturated rings. The summed E-state index contributed by atoms with van der Waals surface area (Å²) in [6.07, 6.45) is -1.99. The summed E-state index contributed by atoms with van der Waals surface area (Å²) in [5, 5.41) is 10.8. The number of pyridine rings is 1. The van der Waals surface area contributed by atoms with Gasteiger partial charge in [-0.25, -0.2) is 9.78 Å². The lowest BCUT2D eigenvalue weighted by atomic mass is 9.93. The quantitative estimate of drug-likeness (QED) is 0.896. The number of carboxylic acid groups (broad SMARTS) is 1. The molecule has 1 saturated heterocycles. The Labute approximate surface area is 126 Å². The highest BCUT2D eigenvalue weighted by Crippen LogP contribution is 2.30. The van der Waals surface area contributed by atoms with Gasteiger partial charge in [-0.2, -0.15) is 13.2 Å². The molecule has 1 aliphatic heterocycles. The molecule has 2 heterocycles. The van der Waals surface area contributed by atoms with Gasteiger partial charge in [-0.1, -0.05) is 0 Å². The zero-order valence-electron chi connectivity index (χ0n) is 11.9. The largest absolute Gasteiger partial charge is 0.465 e. The summed E-state index contributed by atoms with van der Waals surface area (Å²) in [5.41, 5.74) is -0.745. The summed E-state index contributed by atoms with van der Waals surface area (Å²) < 4.78 is 37.5. The van der Waals surface area contributed by atoms with Crippen molar-refractivity contribution >= 4 is 11.9 Å². The first-order chi connectivity index (χ1) is 10.4. The van der Waals surface area contributed by atoms with Crippen LogP contribution >= 0.6 is 0 Å². The van der Waals surface area contributed by atoms with Crippen LogP contribution in [0.3, 0.4) is 0 Å². The lowest BCUT2D eigenvalue weighted by Gasteiger charge is -2.32. The lowest BCUT2D eigenvalue weighted by Crippen LogP contribution is -2.35. The molecule has 1 aliphatic rings. The van der Waals surface area contributed by atoms with Gasteiger partial charge in [0, 0.05) is 25.8 Å². The van der Waals surface area contributed by atoms with Crippen molar-refractivity contribution in [2.24, 2.45) is 5.92 Å². The Hall–Kier alpha value is -1.99. The van der Waals surface area contributed by atoms with Crippen LogP contribution in [0.1, 0.15) is 24.8 Å². The number of carbonyl (C=O) groups is 1. The Morgan fingerprint density at radius 2 is 2.05 bits per heavy atom. The van der Waals surface area contributed by atoms with Gasteiger partial charge in [0.2, 0.25) is 0 Å². The zero-order chi connectivity index (χ0) is 16.2. The molecule has 1 amide bonds. The Morgan fingerprint density at radius 1 is 1.36 bits per heavy atom. The summed E-state index contributed by atoms with van der Waals surface area (Å²) in [7, 11) is 0. The number of anilines is 1. The zero-order valence-corrected chi connectivity index (χ0v) is 11.9. The van der Waals surface area contributed by atoms with Crippen LogP contribution in [0.15, 0.2) is 18.3 Å². The molecule has 0 spiro atoms. The van der Waals surface area contributed by atoms with Gasteiger partial charge < -0.3 is 15.3 Å². The van der Waals surface area contributed by atoms with E-state index in [1.807, 2.05) is 4.90 Å². The van der Waals surface area contributed by atoms with E-state index < -0.39 is 17.8 Å². The van der Waals surface area contributed by atoms with Crippen LogP contribution < -0.4 is 10.2 Å². The summed E-state index contributed by atoms with van der Waals surface area (Å²) >= 11 is 0. The average molecular weight is 317 g/mol. The molecule has 2 N–H and O–H groups in total. The first-order valence-corrected chi connectivity index (χ1v) is 7.11. The fourth-order valence-electron chi connectivity index (χ4n) is 2.57. The van der Waals surface area contributed by atoms with Gasteiger partial charge in [-0.05, 0) is 37.3 Å². The maximum Gasteiger partial charge on any atom is 0.417 e. The predicted molar refractivity (Wildman–Crippen MR) is 74.8 cm³/mol. The second kappa shape index (κ2) is 6.85. The summed E-state index contributed by atoms with van der Waals surface area (Å²) in [4.78, 5) is 16.2. The van der Waals surface area contributed by atoms with Gasteiger partial charge in [-0.15, -0.1) is 0 Å². The average Bonchev–Trinajstić information content (AvgIpc) is 2.47. The molecule has 8 heteroatoms. The van der Waals surface area contributed by atoms with E-state index in [0.29, 0.717) is 18.3 Å². The summed E-state index contributed by atoms with van der Waals surface area (Å²) in [5.74, 6) is 0.979. The molecule has 0 unspecified atom stereocenters. The van der Waals surface area contributed by atoms with Gasteiger partial charge in [0.15, 0.2) is 0 Å². The van der Waals surface area contributed by atoms with Crippen LogP contribution in [0, 0.1) is 5.92 Å². The molecule has 0 atom stereocenters. The van der Waals surface area contributed by atoms with E-state index in [4.69, 9.17) is 5.11 Å². The highest BCUT2D eigenvalue weighted by Gasteiger charge is 2.31. The topological polar surface area (TPSA) is 65.5 Å². The van der Waals surface area contributed by atoms with E-state index in [1.165, 1.54) is 6.07 Å². The van der Waals surface area contributed by atoms with Gasteiger partial charge >= 0.3 is 12.3 Å². The van der Waals surface area contributed by atoms with Gasteiger partial charge in [0.25, 0.3) is 0 Å². The smallest absolute Gasteiger partial charge is 0.417 e. The predicted octanol–water partition coefficient (Wildman–Crippen LogP) is 2.97. The van der Waals surface area contributed by atoms with Crippen molar-refractivity contribution in [2.75, 3.05) is 24.5 Å². The van der Waals surface area contributed by atoms with Crippen molar-refractivity contribution in [3.05, 3.63) is 23.9 Å². The van der Waals surface area contributed by atoms with E-state index >= 15 is 0 Å². The Morgan fingerprint density at radius 3 is 2.55 bits per heavy atom. The van der Waals surface area contributed by atoms with E-state index in [9.17, 15) is 18.0 Å². The number of hydrogen-bond donors (Lipinski definition) is 2. The second-order valence-corrected chi connectivity index (χ2v) is 5.35. The third-order valence-electron chi connectivity index (χ3n) is 3.84. The molecule has 0 bridgehead atoms. The van der Waals surface area contributed by atoms with Crippen molar-refractivity contribution in [3.63, 3.8) is 0 Å². The molecule has 22 heavy (non-hydrogen) atoms. The summed E-state index contributed by atoms with van der Waals surface area (Å²) in [6.45, 7) is 1.87. The number of halogens is 3. The maximum atomic E-state index is 12.5. The number of rotatable bonds is 4. The van der Waals surface area contributed by atoms with Crippen LogP contribution in [-0.4, -0.2) is 35.8 Å². The molecule has 0 aliphatic carbocycles. The van der Waals surface area contributed by atoms with E-state index in [2.05, 4.69) is 10.3 Å². The number of nitrogens with zero attached hydrogens (tertiary/aromatic N) is 2. The SMILES string of the molecule is O=C(O)NCCC1CCN(c2ccc(C(F)(F)F)cn2)CC1. The van der Waals surface area contributed by atoms with Crippen molar-refractivity contribution in [3.8, 4) is 0 Å². The highest BCUT2D eigenvalue weighted by molar-refractivity contribution is 5.64. The van der Waals surface area contributed by atoms with E-state index in [1.54, 1.807) is 0 Å². The normalized spacial score (nSPS) is 16.6. The third-order valence-corrected chi connectivity index (χ3v) is 3.84. The van der Waals surface area contributed by atoms with Crippen molar-refractivity contribution < 1.29 is 23.1 Å². The van der Waals surface area contributed by atoms with Crippen molar-refractivity contribution in [1.29, 1.82) is 0 Å². The van der Waals surface area contributed by atoms with Crippen LogP contribution in [0.5, 0.6) is 0 Å². The van der Waals surface area contributed by atoms with E-state index in [0.717, 1.165) is 44.6 Å². The first-order valence-electron chi connectivity index (χ1n) is 7.11. The van der Waals surface area contributed by atoms with Crippen molar-refractivity contribution in [1.82, 2.24) is 10.3 Å². The molecule has 0 saturated carbocycles. The minimum Gasteiger partial charge on any atom is -0.465 e. The van der Waals surface area contributed by atoms with Crippen LogP contribution in [0.2, 0.25) is 0 Å². The summed E-state index contributed by atoms with van der Waals surface area (Å²) in [6, 6.07) is 2.44. The molecule has 122 valence electrons. The van der Waals surface area contributed by atoms with E-state index in [-0.39, 0.29) is 0 Å². The minimum absolute atomic E-state index is 0.428. The number of nitrogens with one attached hydrogen (secondary N) is 1. The van der Waals surface area contributed by atoms with Gasteiger partial charge in [0.05, 0.1) is 5.56 Å². The van der Waals surface area contributed by atoms with Crippen molar-refractivity contribution in [2.45, 2.75) is 25.4 Å². The standard InChI is InChI=1S/C14H18F3N3O2/c15-14(16,17)11-1-2-12(19-9-11)20-7-4-10(5-8-20)3-6-18-13(21)22/h1-2,9-10,18H,3-8H2,(H,21,22). The minimum atomic E-state index is -4.37. The highest BCUT2D eigenvalue weighted by atomic mass is 19.4. The van der Waals surface area contributed by atoms with Gasteiger partial charge in [-0.3, -0.25) is 0 Å². The molecule has 1 aromatic heterocycles. The fourth-order valence-corrected chi connectivity index (χ4v) is 2.57.